The van der Waals surface area contributed by atoms with E-state index >= 15 is 0 Å². The van der Waals surface area contributed by atoms with Crippen molar-refractivity contribution in [1.82, 2.24) is 0 Å². The molecule has 0 saturated heterocycles. The van der Waals surface area contributed by atoms with Gasteiger partial charge in [0.05, 0.1) is 8.47 Å². The first-order chi connectivity index (χ1) is 15.8. The zero-order chi connectivity index (χ0) is 23.2. The summed E-state index contributed by atoms with van der Waals surface area (Å²) in [5, 5.41) is 16.8. The Bertz CT molecular complexity index is 1450. The minimum Gasteiger partial charge on any atom is -0.322 e. The van der Waals surface area contributed by atoms with Crippen LogP contribution in [0.15, 0.2) is 70.2 Å². The number of fused-ring (bicyclic) bond motifs is 2. The van der Waals surface area contributed by atoms with Crippen LogP contribution in [0.2, 0.25) is 0 Å². The van der Waals surface area contributed by atoms with Gasteiger partial charge in [0.15, 0.2) is 0 Å². The average Bonchev–Trinajstić information content (AvgIpc) is 3.49. The Hall–Kier alpha value is -1.50. The molecule has 0 amide bonds. The van der Waals surface area contributed by atoms with Gasteiger partial charge in [-0.1, -0.05) is 103 Å². The topological polar surface area (TPSA) is 26.0 Å². The zero-order valence-electron chi connectivity index (χ0n) is 19.2. The summed E-state index contributed by atoms with van der Waals surface area (Å²) in [6.07, 6.45) is 2.23. The Morgan fingerprint density at radius 2 is 1.24 bits per heavy atom. The van der Waals surface area contributed by atoms with E-state index in [0.717, 1.165) is 0 Å². The van der Waals surface area contributed by atoms with E-state index in [9.17, 15) is 0 Å². The fourth-order valence-electron chi connectivity index (χ4n) is 4.43. The summed E-state index contributed by atoms with van der Waals surface area (Å²) in [5.74, 6) is 0.387. The molecule has 3 aromatic carbocycles. The van der Waals surface area contributed by atoms with Crippen molar-refractivity contribution >= 4 is 82.6 Å². The minimum atomic E-state index is -0.361. The molecule has 2 aliphatic rings. The molecule has 0 radical (unpaired) electrons. The molecule has 0 aromatic heterocycles. The lowest BCUT2D eigenvalue weighted by Crippen LogP contribution is -2.29. The summed E-state index contributed by atoms with van der Waals surface area (Å²) in [5.41, 5.74) is 8.63. The van der Waals surface area contributed by atoms with Crippen LogP contribution in [0.25, 0.3) is 35.6 Å². The predicted octanol–water partition coefficient (Wildman–Crippen LogP) is 7.80. The Morgan fingerprint density at radius 3 is 1.73 bits per heavy atom. The molecule has 2 aliphatic heterocycles. The molecule has 0 spiro atoms. The third-order valence-corrected chi connectivity index (χ3v) is 9.99. The van der Waals surface area contributed by atoms with Crippen LogP contribution in [0.4, 0.5) is 0 Å². The quantitative estimate of drug-likeness (QED) is 0.366. The maximum atomic E-state index is 6.42. The van der Waals surface area contributed by atoms with E-state index in [-0.39, 0.29) is 5.54 Å². The van der Waals surface area contributed by atoms with Gasteiger partial charge < -0.3 is 5.73 Å². The molecule has 0 bridgehead atoms. The van der Waals surface area contributed by atoms with E-state index in [1.54, 1.807) is 0 Å². The van der Waals surface area contributed by atoms with Crippen molar-refractivity contribution in [3.63, 3.8) is 0 Å². The molecule has 3 aromatic rings. The fourth-order valence-corrected chi connectivity index (χ4v) is 8.28. The van der Waals surface area contributed by atoms with E-state index in [2.05, 4.69) is 97.9 Å². The second-order valence-electron chi connectivity index (χ2n) is 9.22. The van der Waals surface area contributed by atoms with Gasteiger partial charge in [0.1, 0.15) is 0 Å². The van der Waals surface area contributed by atoms with Crippen LogP contribution < -0.4 is 16.2 Å². The van der Waals surface area contributed by atoms with Gasteiger partial charge in [-0.05, 0) is 80.1 Å². The third kappa shape index (κ3) is 4.59. The molecule has 0 saturated carbocycles. The predicted molar refractivity (Wildman–Crippen MR) is 157 cm³/mol. The van der Waals surface area contributed by atoms with Crippen LogP contribution >= 0.6 is 47.0 Å². The molecule has 168 valence electrons. The first kappa shape index (κ1) is 23.3. The standard InChI is InChI=1S/C28H27NS4/c1-17(2)23(16-28(3,4)29)18-9-10-21-22(15-18)25(27-32-13-14-33-27)20-8-6-5-7-19(20)24(21)26-30-11-12-31-26/h5-17H,29H2,1-4H3. The summed E-state index contributed by atoms with van der Waals surface area (Å²) in [6.45, 7) is 8.64. The van der Waals surface area contributed by atoms with E-state index in [0.29, 0.717) is 5.92 Å². The van der Waals surface area contributed by atoms with Gasteiger partial charge in [0, 0.05) is 16.0 Å². The smallest absolute Gasteiger partial charge is 0.0571 e. The summed E-state index contributed by atoms with van der Waals surface area (Å²) in [4.78, 5) is 0. The van der Waals surface area contributed by atoms with Crippen LogP contribution in [0, 0.1) is 5.92 Å². The molecule has 33 heavy (non-hydrogen) atoms. The molecule has 2 N–H and O–H groups in total. The van der Waals surface area contributed by atoms with E-state index < -0.39 is 0 Å². The number of benzene rings is 3. The van der Waals surface area contributed by atoms with Crippen molar-refractivity contribution in [2.75, 3.05) is 0 Å². The van der Waals surface area contributed by atoms with Gasteiger partial charge in [-0.2, -0.15) is 0 Å². The van der Waals surface area contributed by atoms with Crippen molar-refractivity contribution in [3.05, 3.63) is 86.2 Å². The molecular formula is C28H27NS4. The lowest BCUT2D eigenvalue weighted by molar-refractivity contribution is 0.649. The van der Waals surface area contributed by atoms with Gasteiger partial charge in [0.2, 0.25) is 0 Å². The van der Waals surface area contributed by atoms with Crippen molar-refractivity contribution in [2.24, 2.45) is 11.7 Å². The van der Waals surface area contributed by atoms with Gasteiger partial charge in [-0.15, -0.1) is 0 Å². The van der Waals surface area contributed by atoms with Crippen molar-refractivity contribution in [1.29, 1.82) is 0 Å². The van der Waals surface area contributed by atoms with Crippen LogP contribution in [0.5, 0.6) is 0 Å². The molecule has 0 unspecified atom stereocenters. The molecule has 1 nitrogen and oxygen atoms in total. The summed E-state index contributed by atoms with van der Waals surface area (Å²) < 4.78 is 2.71. The summed E-state index contributed by atoms with van der Waals surface area (Å²) in [6, 6.07) is 15.9. The molecule has 0 atom stereocenters. The molecule has 5 heteroatoms. The van der Waals surface area contributed by atoms with Crippen LogP contribution in [0.3, 0.4) is 0 Å². The normalized spacial score (nSPS) is 16.8. The largest absolute Gasteiger partial charge is 0.322 e. The van der Waals surface area contributed by atoms with Crippen LogP contribution in [0.1, 0.15) is 33.3 Å². The van der Waals surface area contributed by atoms with Crippen molar-refractivity contribution in [2.45, 2.75) is 33.2 Å². The first-order valence-electron chi connectivity index (χ1n) is 11.1. The van der Waals surface area contributed by atoms with Gasteiger partial charge >= 0.3 is 0 Å². The molecule has 5 rings (SSSR count). The number of hydrogen-bond donors (Lipinski definition) is 1. The van der Waals surface area contributed by atoms with E-state index in [1.165, 1.54) is 51.6 Å². The second kappa shape index (κ2) is 9.27. The van der Waals surface area contributed by atoms with E-state index in [1.807, 2.05) is 47.0 Å². The maximum Gasteiger partial charge on any atom is 0.0571 e. The van der Waals surface area contributed by atoms with Crippen molar-refractivity contribution < 1.29 is 0 Å². The molecule has 2 heterocycles. The minimum absolute atomic E-state index is 0.361. The average molecular weight is 506 g/mol. The Morgan fingerprint density at radius 1 is 0.758 bits per heavy atom. The maximum absolute atomic E-state index is 6.42. The number of nitrogens with two attached hydrogens (primary N) is 1. The summed E-state index contributed by atoms with van der Waals surface area (Å²) in [7, 11) is 0. The number of thioether (sulfide) groups is 4. The second-order valence-corrected chi connectivity index (χ2v) is 13.4. The first-order valence-corrected chi connectivity index (χ1v) is 14.6. The Balaban J connectivity index is 1.96. The highest BCUT2D eigenvalue weighted by molar-refractivity contribution is 8.35. The molecular weight excluding hydrogens is 479 g/mol. The van der Waals surface area contributed by atoms with Crippen LogP contribution in [-0.2, 0) is 0 Å². The van der Waals surface area contributed by atoms with Crippen molar-refractivity contribution in [3.8, 4) is 0 Å². The van der Waals surface area contributed by atoms with Gasteiger partial charge in [-0.25, -0.2) is 0 Å². The number of allylic oxidation sites excluding steroid dienone is 1. The molecule has 0 aliphatic carbocycles. The van der Waals surface area contributed by atoms with E-state index in [4.69, 9.17) is 5.73 Å². The zero-order valence-corrected chi connectivity index (χ0v) is 22.5. The summed E-state index contributed by atoms with van der Waals surface area (Å²) >= 11 is 7.31. The number of rotatable bonds is 3. The highest BCUT2D eigenvalue weighted by Crippen LogP contribution is 2.41. The SMILES string of the molecule is CC(C)C(=CC(C)(C)N)c1ccc2c(=C3SC=CS3)c3ccccc3c(=C3SC=CS3)c2c1. The third-order valence-electron chi connectivity index (χ3n) is 5.73. The van der Waals surface area contributed by atoms with Gasteiger partial charge in [0.25, 0.3) is 0 Å². The number of hydrogen-bond acceptors (Lipinski definition) is 5. The monoisotopic (exact) mass is 505 g/mol. The highest BCUT2D eigenvalue weighted by Gasteiger charge is 2.18. The lowest BCUT2D eigenvalue weighted by atomic mass is 9.88. The molecule has 0 fully saturated rings. The highest BCUT2D eigenvalue weighted by atomic mass is 32.2. The lowest BCUT2D eigenvalue weighted by Gasteiger charge is -2.20. The Kier molecular flexibility index (Phi) is 6.53. The fraction of sp³-hybridized carbons (Fsp3) is 0.214. The van der Waals surface area contributed by atoms with Gasteiger partial charge in [-0.3, -0.25) is 0 Å². The Labute approximate surface area is 212 Å². The van der Waals surface area contributed by atoms with Crippen LogP contribution in [-0.4, -0.2) is 5.54 Å².